The summed E-state index contributed by atoms with van der Waals surface area (Å²) in [6.07, 6.45) is -0.277. The molecule has 1 aromatic rings. The molecule has 11 nitrogen and oxygen atoms in total. The van der Waals surface area contributed by atoms with Crippen LogP contribution in [0.25, 0.3) is 0 Å². The van der Waals surface area contributed by atoms with E-state index in [0.717, 1.165) is 17.0 Å². The summed E-state index contributed by atoms with van der Waals surface area (Å²) in [5.74, 6) is -1.95. The van der Waals surface area contributed by atoms with E-state index < -0.39 is 40.9 Å². The van der Waals surface area contributed by atoms with Crippen LogP contribution in [0.3, 0.4) is 0 Å². The quantitative estimate of drug-likeness (QED) is 0.298. The van der Waals surface area contributed by atoms with Gasteiger partial charge in [0, 0.05) is 18.7 Å². The number of anilines is 1. The summed E-state index contributed by atoms with van der Waals surface area (Å²) in [6, 6.07) is 2.88. The third-order valence-electron chi connectivity index (χ3n) is 3.79. The van der Waals surface area contributed by atoms with Crippen molar-refractivity contribution in [2.45, 2.75) is 25.8 Å². The monoisotopic (exact) mass is 412 g/mol. The average molecular weight is 413 g/mol. The van der Waals surface area contributed by atoms with Gasteiger partial charge in [-0.2, -0.15) is 0 Å². The summed E-state index contributed by atoms with van der Waals surface area (Å²) in [5.41, 5.74) is -1.15. The van der Waals surface area contributed by atoms with Gasteiger partial charge in [0.25, 0.3) is 17.5 Å². The van der Waals surface area contributed by atoms with E-state index in [1.807, 2.05) is 0 Å². The highest BCUT2D eigenvalue weighted by Crippen LogP contribution is 2.26. The van der Waals surface area contributed by atoms with Crippen molar-refractivity contribution in [3.05, 3.63) is 33.3 Å². The Morgan fingerprint density at radius 2 is 2.04 bits per heavy atom. The number of esters is 1. The topological polar surface area (TPSA) is 148 Å². The van der Waals surface area contributed by atoms with Crippen LogP contribution in [0.5, 0.6) is 0 Å². The van der Waals surface area contributed by atoms with E-state index in [9.17, 15) is 29.3 Å². The Balaban J connectivity index is 1.80. The Morgan fingerprint density at radius 1 is 1.36 bits per heavy atom. The maximum absolute atomic E-state index is 12.0. The average Bonchev–Trinajstić information content (AvgIpc) is 2.80. The van der Waals surface area contributed by atoms with Crippen LogP contribution in [-0.2, 0) is 19.1 Å². The molecule has 150 valence electrons. The molecule has 1 heterocycles. The number of non-ortho nitro benzene ring substituents is 1. The lowest BCUT2D eigenvalue weighted by atomic mass is 10.1. The van der Waals surface area contributed by atoms with E-state index in [0.29, 0.717) is 0 Å². The SMILES string of the molecule is CC1(C)NC(=O)N(CCC(=O)OCC(=O)Nc2ccc([N+](=O)[O-])cc2Cl)C1=O. The number of urea groups is 1. The van der Waals surface area contributed by atoms with Crippen molar-refractivity contribution in [2.75, 3.05) is 18.5 Å². The highest BCUT2D eigenvalue weighted by Gasteiger charge is 2.44. The molecule has 2 N–H and O–H groups in total. The van der Waals surface area contributed by atoms with Gasteiger partial charge in [-0.15, -0.1) is 0 Å². The second-order valence-electron chi connectivity index (χ2n) is 6.39. The Kier molecular flexibility index (Phi) is 6.19. The molecule has 28 heavy (non-hydrogen) atoms. The first-order valence-corrected chi connectivity index (χ1v) is 8.42. The van der Waals surface area contributed by atoms with Crippen molar-refractivity contribution in [3.8, 4) is 0 Å². The predicted molar refractivity (Wildman–Crippen MR) is 96.6 cm³/mol. The molecular weight excluding hydrogens is 396 g/mol. The van der Waals surface area contributed by atoms with Crippen molar-refractivity contribution in [1.29, 1.82) is 0 Å². The molecule has 0 bridgehead atoms. The van der Waals surface area contributed by atoms with Gasteiger partial charge in [-0.3, -0.25) is 29.4 Å². The largest absolute Gasteiger partial charge is 0.456 e. The fourth-order valence-electron chi connectivity index (χ4n) is 2.35. The molecule has 0 aliphatic carbocycles. The minimum Gasteiger partial charge on any atom is -0.456 e. The number of hydrogen-bond donors (Lipinski definition) is 2. The van der Waals surface area contributed by atoms with E-state index in [2.05, 4.69) is 10.6 Å². The molecule has 4 amide bonds. The van der Waals surface area contributed by atoms with Gasteiger partial charge >= 0.3 is 12.0 Å². The number of carbonyl (C=O) groups excluding carboxylic acids is 4. The summed E-state index contributed by atoms with van der Waals surface area (Å²) in [5, 5.41) is 15.4. The van der Waals surface area contributed by atoms with Gasteiger partial charge in [0.05, 0.1) is 22.1 Å². The van der Waals surface area contributed by atoms with Gasteiger partial charge in [0.15, 0.2) is 6.61 Å². The number of nitrogens with zero attached hydrogens (tertiary/aromatic N) is 2. The summed E-state index contributed by atoms with van der Waals surface area (Å²) in [4.78, 5) is 58.2. The summed E-state index contributed by atoms with van der Waals surface area (Å²) in [6.45, 7) is 2.28. The van der Waals surface area contributed by atoms with Crippen LogP contribution in [0.4, 0.5) is 16.2 Å². The van der Waals surface area contributed by atoms with Crippen LogP contribution < -0.4 is 10.6 Å². The maximum atomic E-state index is 12.0. The van der Waals surface area contributed by atoms with Crippen molar-refractivity contribution in [2.24, 2.45) is 0 Å². The zero-order valence-corrected chi connectivity index (χ0v) is 15.7. The van der Waals surface area contributed by atoms with Gasteiger partial charge in [0.1, 0.15) is 5.54 Å². The van der Waals surface area contributed by atoms with Crippen LogP contribution in [0.2, 0.25) is 5.02 Å². The zero-order valence-electron chi connectivity index (χ0n) is 15.0. The molecule has 0 radical (unpaired) electrons. The molecule has 2 rings (SSSR count). The lowest BCUT2D eigenvalue weighted by Gasteiger charge is -2.15. The minimum atomic E-state index is -1.04. The Labute approximate surface area is 164 Å². The lowest BCUT2D eigenvalue weighted by molar-refractivity contribution is -0.384. The lowest BCUT2D eigenvalue weighted by Crippen LogP contribution is -2.40. The predicted octanol–water partition coefficient (Wildman–Crippen LogP) is 1.45. The number of rotatable bonds is 7. The second kappa shape index (κ2) is 8.21. The van der Waals surface area contributed by atoms with Gasteiger partial charge < -0.3 is 15.4 Å². The first kappa shape index (κ1) is 21.1. The third-order valence-corrected chi connectivity index (χ3v) is 4.10. The molecule has 12 heteroatoms. The highest BCUT2D eigenvalue weighted by molar-refractivity contribution is 6.34. The second-order valence-corrected chi connectivity index (χ2v) is 6.80. The molecule has 1 aliphatic rings. The number of carbonyl (C=O) groups is 4. The van der Waals surface area contributed by atoms with E-state index in [4.69, 9.17) is 16.3 Å². The molecule has 0 saturated carbocycles. The summed E-state index contributed by atoms with van der Waals surface area (Å²) < 4.78 is 4.79. The Morgan fingerprint density at radius 3 is 2.57 bits per heavy atom. The third kappa shape index (κ3) is 4.94. The summed E-state index contributed by atoms with van der Waals surface area (Å²) >= 11 is 5.85. The molecule has 1 fully saturated rings. The maximum Gasteiger partial charge on any atom is 0.325 e. The number of nitrogens with one attached hydrogen (secondary N) is 2. The van der Waals surface area contributed by atoms with Gasteiger partial charge in [-0.25, -0.2) is 4.79 Å². The number of benzene rings is 1. The molecule has 1 aliphatic heterocycles. The van der Waals surface area contributed by atoms with Crippen LogP contribution in [0.1, 0.15) is 20.3 Å². The number of hydrogen-bond acceptors (Lipinski definition) is 7. The van der Waals surface area contributed by atoms with E-state index in [1.165, 1.54) is 6.07 Å². The molecule has 0 spiro atoms. The van der Waals surface area contributed by atoms with Gasteiger partial charge in [-0.05, 0) is 19.9 Å². The molecule has 1 saturated heterocycles. The van der Waals surface area contributed by atoms with E-state index in [-0.39, 0.29) is 29.4 Å². The highest BCUT2D eigenvalue weighted by atomic mass is 35.5. The van der Waals surface area contributed by atoms with Crippen molar-refractivity contribution >= 4 is 46.8 Å². The molecule has 0 atom stereocenters. The zero-order chi connectivity index (χ0) is 21.1. The van der Waals surface area contributed by atoms with Crippen LogP contribution in [0.15, 0.2) is 18.2 Å². The first-order chi connectivity index (χ1) is 13.0. The van der Waals surface area contributed by atoms with Crippen LogP contribution in [-0.4, -0.2) is 52.3 Å². The number of imide groups is 1. The number of halogens is 1. The first-order valence-electron chi connectivity index (χ1n) is 8.05. The smallest absolute Gasteiger partial charge is 0.325 e. The Hall–Kier alpha value is -3.21. The van der Waals surface area contributed by atoms with Crippen molar-refractivity contribution in [3.63, 3.8) is 0 Å². The molecule has 1 aromatic carbocycles. The summed E-state index contributed by atoms with van der Waals surface area (Å²) in [7, 11) is 0. The Bertz CT molecular complexity index is 855. The fourth-order valence-corrected chi connectivity index (χ4v) is 2.57. The minimum absolute atomic E-state index is 0.0463. The number of nitro groups is 1. The number of nitro benzene ring substituents is 1. The number of amides is 4. The molecule has 0 unspecified atom stereocenters. The van der Waals surface area contributed by atoms with Gasteiger partial charge in [0.2, 0.25) is 0 Å². The van der Waals surface area contributed by atoms with Crippen LogP contribution in [0, 0.1) is 10.1 Å². The van der Waals surface area contributed by atoms with Crippen LogP contribution >= 0.6 is 11.6 Å². The van der Waals surface area contributed by atoms with Crippen molar-refractivity contribution < 1.29 is 28.8 Å². The van der Waals surface area contributed by atoms with Crippen molar-refractivity contribution in [1.82, 2.24) is 10.2 Å². The fraction of sp³-hybridized carbons (Fsp3) is 0.375. The van der Waals surface area contributed by atoms with E-state index >= 15 is 0 Å². The standard InChI is InChI=1S/C16H17ClN4O7/c1-16(2)14(24)20(15(25)19-16)6-5-13(23)28-8-12(22)18-11-4-3-9(21(26)27)7-10(11)17/h3-4,7H,5-6,8H2,1-2H3,(H,18,22)(H,19,25). The van der Waals surface area contributed by atoms with E-state index in [1.54, 1.807) is 13.8 Å². The molecular formula is C16H17ClN4O7. The number of ether oxygens (including phenoxy) is 1. The van der Waals surface area contributed by atoms with Gasteiger partial charge in [-0.1, -0.05) is 11.6 Å². The normalized spacial score (nSPS) is 15.2. The molecule has 0 aromatic heterocycles.